The van der Waals surface area contributed by atoms with Crippen molar-refractivity contribution < 1.29 is 14.3 Å². The van der Waals surface area contributed by atoms with Gasteiger partial charge in [0.05, 0.1) is 26.0 Å². The topological polar surface area (TPSA) is 99.1 Å². The van der Waals surface area contributed by atoms with Crippen LogP contribution in [0, 0.1) is 20.8 Å². The molecule has 1 amide bonds. The largest absolute Gasteiger partial charge is 0.481 e. The minimum atomic E-state index is -0.246. The number of anilines is 1. The molecule has 0 saturated heterocycles. The summed E-state index contributed by atoms with van der Waals surface area (Å²) in [5, 5.41) is 4.48. The summed E-state index contributed by atoms with van der Waals surface area (Å²) >= 11 is 3.00. The molecule has 3 heterocycles. The van der Waals surface area contributed by atoms with Crippen LogP contribution in [0.1, 0.15) is 16.3 Å². The van der Waals surface area contributed by atoms with E-state index in [1.807, 2.05) is 13.8 Å². The van der Waals surface area contributed by atoms with Gasteiger partial charge in [0.15, 0.2) is 0 Å². The smallest absolute Gasteiger partial charge is 0.237 e. The van der Waals surface area contributed by atoms with Gasteiger partial charge in [0.1, 0.15) is 15.7 Å². The van der Waals surface area contributed by atoms with E-state index in [0.717, 1.165) is 20.8 Å². The molecule has 0 spiro atoms. The van der Waals surface area contributed by atoms with Gasteiger partial charge < -0.3 is 9.47 Å². The molecule has 3 aromatic rings. The summed E-state index contributed by atoms with van der Waals surface area (Å²) in [5.74, 6) is 1.35. The molecule has 27 heavy (non-hydrogen) atoms. The number of hydrogen-bond donors (Lipinski definition) is 1. The second-order valence-electron chi connectivity index (χ2n) is 5.65. The highest BCUT2D eigenvalue weighted by Gasteiger charge is 2.16. The van der Waals surface area contributed by atoms with Crippen LogP contribution in [0.4, 0.5) is 5.95 Å². The summed E-state index contributed by atoms with van der Waals surface area (Å²) in [6, 6.07) is 1.53. The number of nitrogens with zero attached hydrogens (tertiary/aromatic N) is 4. The van der Waals surface area contributed by atoms with Gasteiger partial charge in [-0.15, -0.1) is 11.3 Å². The van der Waals surface area contributed by atoms with Crippen LogP contribution in [0.3, 0.4) is 0 Å². The van der Waals surface area contributed by atoms with E-state index in [2.05, 4.69) is 32.2 Å². The third kappa shape index (κ3) is 4.28. The summed E-state index contributed by atoms with van der Waals surface area (Å²) in [6.07, 6.45) is 0. The van der Waals surface area contributed by atoms with E-state index in [-0.39, 0.29) is 17.6 Å². The van der Waals surface area contributed by atoms with Crippen molar-refractivity contribution in [3.63, 3.8) is 0 Å². The first-order valence-electron chi connectivity index (χ1n) is 8.05. The fraction of sp³-hybridized carbons (Fsp3) is 0.353. The first kappa shape index (κ1) is 19.3. The Morgan fingerprint density at radius 2 is 1.78 bits per heavy atom. The number of thiophene rings is 1. The van der Waals surface area contributed by atoms with Crippen LogP contribution < -0.4 is 14.8 Å². The van der Waals surface area contributed by atoms with Gasteiger partial charge in [0.25, 0.3) is 0 Å². The van der Waals surface area contributed by atoms with E-state index in [1.54, 1.807) is 11.3 Å². The van der Waals surface area contributed by atoms with Gasteiger partial charge in [-0.2, -0.15) is 9.97 Å². The predicted octanol–water partition coefficient (Wildman–Crippen LogP) is 3.15. The Morgan fingerprint density at radius 1 is 1.11 bits per heavy atom. The molecular weight excluding hydrogens is 386 g/mol. The molecule has 142 valence electrons. The van der Waals surface area contributed by atoms with Gasteiger partial charge >= 0.3 is 0 Å². The number of rotatable bonds is 6. The van der Waals surface area contributed by atoms with Gasteiger partial charge in [-0.3, -0.25) is 10.1 Å². The van der Waals surface area contributed by atoms with Crippen molar-refractivity contribution in [1.29, 1.82) is 0 Å². The Hall–Kier alpha value is -2.46. The Morgan fingerprint density at radius 3 is 2.41 bits per heavy atom. The molecule has 0 fully saturated rings. The van der Waals surface area contributed by atoms with Crippen molar-refractivity contribution in [2.24, 2.45) is 0 Å². The quantitative estimate of drug-likeness (QED) is 0.493. The maximum atomic E-state index is 12.4. The van der Waals surface area contributed by atoms with Crippen molar-refractivity contribution in [1.82, 2.24) is 19.9 Å². The zero-order valence-electron chi connectivity index (χ0n) is 15.6. The van der Waals surface area contributed by atoms with E-state index in [0.29, 0.717) is 17.6 Å². The highest BCUT2D eigenvalue weighted by molar-refractivity contribution is 8.00. The second kappa shape index (κ2) is 8.05. The summed E-state index contributed by atoms with van der Waals surface area (Å²) in [5.41, 5.74) is 1.15. The van der Waals surface area contributed by atoms with Crippen molar-refractivity contribution >= 4 is 45.2 Å². The number of aryl methyl sites for hydroxylation is 3. The molecule has 10 heteroatoms. The summed E-state index contributed by atoms with van der Waals surface area (Å²) in [4.78, 5) is 31.7. The van der Waals surface area contributed by atoms with Gasteiger partial charge in [-0.05, 0) is 26.3 Å². The van der Waals surface area contributed by atoms with Crippen LogP contribution in [-0.2, 0) is 4.79 Å². The first-order valence-corrected chi connectivity index (χ1v) is 9.85. The zero-order chi connectivity index (χ0) is 19.6. The van der Waals surface area contributed by atoms with Crippen molar-refractivity contribution in [2.45, 2.75) is 25.8 Å². The maximum Gasteiger partial charge on any atom is 0.237 e. The lowest BCUT2D eigenvalue weighted by Crippen LogP contribution is -2.16. The molecule has 0 aliphatic heterocycles. The van der Waals surface area contributed by atoms with E-state index in [4.69, 9.17) is 9.47 Å². The fourth-order valence-electron chi connectivity index (χ4n) is 2.38. The van der Waals surface area contributed by atoms with Crippen molar-refractivity contribution in [3.8, 4) is 11.8 Å². The van der Waals surface area contributed by atoms with Crippen LogP contribution in [0.5, 0.6) is 11.8 Å². The van der Waals surface area contributed by atoms with Crippen LogP contribution in [0.25, 0.3) is 10.2 Å². The number of carbonyl (C=O) groups excluding carboxylic acids is 1. The van der Waals surface area contributed by atoms with E-state index in [9.17, 15) is 4.79 Å². The number of amides is 1. The number of methoxy groups -OCH3 is 2. The lowest BCUT2D eigenvalue weighted by atomic mass is 10.2. The van der Waals surface area contributed by atoms with Crippen molar-refractivity contribution in [2.75, 3.05) is 25.3 Å². The predicted molar refractivity (Wildman–Crippen MR) is 106 cm³/mol. The molecule has 0 aliphatic rings. The SMILES string of the molecule is COc1cc(OC)nc(NC(=O)CSc2nc(C)nc3sc(C)c(C)c23)n1. The highest BCUT2D eigenvalue weighted by atomic mass is 32.2. The summed E-state index contributed by atoms with van der Waals surface area (Å²) < 4.78 is 10.2. The average molecular weight is 406 g/mol. The van der Waals surface area contributed by atoms with Gasteiger partial charge in [0.2, 0.25) is 23.6 Å². The maximum absolute atomic E-state index is 12.4. The molecule has 3 rings (SSSR count). The van der Waals surface area contributed by atoms with Gasteiger partial charge in [-0.1, -0.05) is 11.8 Å². The third-order valence-corrected chi connectivity index (χ3v) is 5.87. The molecule has 0 aromatic carbocycles. The first-order chi connectivity index (χ1) is 12.9. The number of carbonyl (C=O) groups is 1. The molecular formula is C17H19N5O3S2. The minimum absolute atomic E-state index is 0.128. The second-order valence-corrected chi connectivity index (χ2v) is 7.82. The Balaban J connectivity index is 1.76. The molecule has 3 aromatic heterocycles. The Kier molecular flexibility index (Phi) is 5.76. The number of fused-ring (bicyclic) bond motifs is 1. The third-order valence-electron chi connectivity index (χ3n) is 3.80. The van der Waals surface area contributed by atoms with E-state index in [1.165, 1.54) is 36.9 Å². The van der Waals surface area contributed by atoms with E-state index < -0.39 is 0 Å². The zero-order valence-corrected chi connectivity index (χ0v) is 17.2. The number of nitrogens with one attached hydrogen (secondary N) is 1. The number of aromatic nitrogens is 4. The van der Waals surface area contributed by atoms with Crippen molar-refractivity contribution in [3.05, 3.63) is 22.3 Å². The molecule has 8 nitrogen and oxygen atoms in total. The summed E-state index contributed by atoms with van der Waals surface area (Å²) in [6.45, 7) is 5.96. The fourth-order valence-corrected chi connectivity index (χ4v) is 4.45. The standard InChI is InChI=1S/C17H19N5O3S2/c1-8-9(2)27-16-14(8)15(18-10(3)19-16)26-7-11(23)20-17-21-12(24-4)6-13(22-17)25-5/h6H,7H2,1-5H3,(H,20,21,22,23). The molecule has 0 aliphatic carbocycles. The average Bonchev–Trinajstić information content (AvgIpc) is 2.93. The molecule has 0 radical (unpaired) electrons. The monoisotopic (exact) mass is 405 g/mol. The minimum Gasteiger partial charge on any atom is -0.481 e. The number of thioether (sulfide) groups is 1. The van der Waals surface area contributed by atoms with Crippen LogP contribution >= 0.6 is 23.1 Å². The van der Waals surface area contributed by atoms with Crippen LogP contribution in [0.2, 0.25) is 0 Å². The van der Waals surface area contributed by atoms with Gasteiger partial charge in [0, 0.05) is 10.3 Å². The van der Waals surface area contributed by atoms with Crippen LogP contribution in [-0.4, -0.2) is 45.8 Å². The lowest BCUT2D eigenvalue weighted by Gasteiger charge is -2.08. The molecule has 0 atom stereocenters. The van der Waals surface area contributed by atoms with E-state index >= 15 is 0 Å². The highest BCUT2D eigenvalue weighted by Crippen LogP contribution is 2.35. The Bertz CT molecular complexity index is 984. The lowest BCUT2D eigenvalue weighted by molar-refractivity contribution is -0.113. The molecule has 0 saturated carbocycles. The number of ether oxygens (including phenoxy) is 2. The molecule has 0 unspecified atom stereocenters. The normalized spacial score (nSPS) is 10.9. The Labute approximate surface area is 164 Å². The van der Waals surface area contributed by atoms with Gasteiger partial charge in [-0.25, -0.2) is 9.97 Å². The summed E-state index contributed by atoms with van der Waals surface area (Å²) in [7, 11) is 2.97. The number of hydrogen-bond acceptors (Lipinski definition) is 9. The molecule has 1 N–H and O–H groups in total. The molecule has 0 bridgehead atoms. The van der Waals surface area contributed by atoms with Crippen LogP contribution in [0.15, 0.2) is 11.1 Å².